The quantitative estimate of drug-likeness (QED) is 0.829. The third-order valence-electron chi connectivity index (χ3n) is 3.47. The number of carbonyl (C=O) groups is 1. The molecule has 3 heterocycles. The Bertz CT molecular complexity index is 429. The summed E-state index contributed by atoms with van der Waals surface area (Å²) >= 11 is 1.94. The summed E-state index contributed by atoms with van der Waals surface area (Å²) in [6.07, 6.45) is 4.09. The number of amides is 1. The second kappa shape index (κ2) is 4.59. The van der Waals surface area contributed by atoms with Crippen LogP contribution in [0.5, 0.6) is 0 Å². The number of nitrogens with zero attached hydrogens (tertiary/aromatic N) is 2. The Balaban J connectivity index is 1.56. The molecule has 0 N–H and O–H groups in total. The van der Waals surface area contributed by atoms with Crippen molar-refractivity contribution >= 4 is 17.7 Å². The zero-order valence-corrected chi connectivity index (χ0v) is 11.1. The van der Waals surface area contributed by atoms with Gasteiger partial charge in [-0.25, -0.2) is 4.98 Å². The molecule has 2 fully saturated rings. The molecule has 1 atom stereocenters. The maximum absolute atomic E-state index is 12.0. The highest BCUT2D eigenvalue weighted by atomic mass is 32.2. The smallest absolute Gasteiger partial charge is 0.275 e. The van der Waals surface area contributed by atoms with E-state index in [9.17, 15) is 4.79 Å². The first kappa shape index (κ1) is 12.0. The summed E-state index contributed by atoms with van der Waals surface area (Å²) in [4.78, 5) is 17.7. The van der Waals surface area contributed by atoms with E-state index in [1.165, 1.54) is 12.7 Å². The minimum atomic E-state index is -0.0326. The zero-order chi connectivity index (χ0) is 12.6. The predicted octanol–water partition coefficient (Wildman–Crippen LogP) is 1.41. The van der Waals surface area contributed by atoms with Crippen LogP contribution in [0, 0.1) is 0 Å². The van der Waals surface area contributed by atoms with Gasteiger partial charge in [0.15, 0.2) is 12.1 Å². The molecule has 1 spiro atoms. The SMILES string of the molecule is CCO[C@H]1CSC2(C1)CN(C(=O)c1cocn1)C2. The van der Waals surface area contributed by atoms with Crippen molar-refractivity contribution in [3.8, 4) is 0 Å². The molecule has 98 valence electrons. The average molecular weight is 268 g/mol. The molecule has 1 amide bonds. The van der Waals surface area contributed by atoms with Crippen molar-refractivity contribution in [2.45, 2.75) is 24.2 Å². The molecule has 0 aromatic carbocycles. The first-order valence-electron chi connectivity index (χ1n) is 6.15. The molecule has 1 aromatic heterocycles. The van der Waals surface area contributed by atoms with Crippen molar-refractivity contribution in [3.05, 3.63) is 18.4 Å². The van der Waals surface area contributed by atoms with E-state index in [-0.39, 0.29) is 10.7 Å². The number of hydrogen-bond acceptors (Lipinski definition) is 5. The number of hydrogen-bond donors (Lipinski definition) is 0. The first-order valence-corrected chi connectivity index (χ1v) is 7.14. The van der Waals surface area contributed by atoms with E-state index >= 15 is 0 Å². The Morgan fingerprint density at radius 3 is 3.22 bits per heavy atom. The normalized spacial score (nSPS) is 25.4. The average Bonchev–Trinajstić information content (AvgIpc) is 2.95. The summed E-state index contributed by atoms with van der Waals surface area (Å²) in [7, 11) is 0. The summed E-state index contributed by atoms with van der Waals surface area (Å²) < 4.78 is 10.7. The van der Waals surface area contributed by atoms with Crippen LogP contribution in [-0.2, 0) is 4.74 Å². The van der Waals surface area contributed by atoms with E-state index in [1.54, 1.807) is 0 Å². The molecule has 2 aliphatic heterocycles. The van der Waals surface area contributed by atoms with Gasteiger partial charge in [-0.3, -0.25) is 4.79 Å². The number of carbonyl (C=O) groups excluding carboxylic acids is 1. The molecule has 1 aromatic rings. The second-order valence-corrected chi connectivity index (χ2v) is 6.30. The lowest BCUT2D eigenvalue weighted by Crippen LogP contribution is -2.60. The van der Waals surface area contributed by atoms with Crippen LogP contribution >= 0.6 is 11.8 Å². The van der Waals surface area contributed by atoms with E-state index in [2.05, 4.69) is 4.98 Å². The van der Waals surface area contributed by atoms with Crippen molar-refractivity contribution in [2.75, 3.05) is 25.4 Å². The molecule has 5 nitrogen and oxygen atoms in total. The highest BCUT2D eigenvalue weighted by molar-refractivity contribution is 8.01. The van der Waals surface area contributed by atoms with Crippen LogP contribution in [0.3, 0.4) is 0 Å². The van der Waals surface area contributed by atoms with Gasteiger partial charge >= 0.3 is 0 Å². The predicted molar refractivity (Wildman–Crippen MR) is 67.6 cm³/mol. The lowest BCUT2D eigenvalue weighted by molar-refractivity contribution is 0.0355. The Morgan fingerprint density at radius 2 is 2.56 bits per heavy atom. The molecule has 6 heteroatoms. The molecule has 0 saturated carbocycles. The molecular formula is C12H16N2O3S. The fourth-order valence-corrected chi connectivity index (χ4v) is 4.19. The number of oxazole rings is 1. The summed E-state index contributed by atoms with van der Waals surface area (Å²) in [6, 6.07) is 0. The van der Waals surface area contributed by atoms with Crippen molar-refractivity contribution in [3.63, 3.8) is 0 Å². The Labute approximate surface area is 110 Å². The molecule has 0 radical (unpaired) electrons. The van der Waals surface area contributed by atoms with Crippen LogP contribution in [0.4, 0.5) is 0 Å². The van der Waals surface area contributed by atoms with E-state index < -0.39 is 0 Å². The molecule has 18 heavy (non-hydrogen) atoms. The van der Waals surface area contributed by atoms with Crippen LogP contribution in [-0.4, -0.2) is 52.1 Å². The molecule has 0 aliphatic carbocycles. The maximum Gasteiger partial charge on any atom is 0.275 e. The van der Waals surface area contributed by atoms with Gasteiger partial charge in [-0.05, 0) is 13.3 Å². The van der Waals surface area contributed by atoms with Crippen LogP contribution in [0.2, 0.25) is 0 Å². The van der Waals surface area contributed by atoms with Gasteiger partial charge in [0.2, 0.25) is 0 Å². The van der Waals surface area contributed by atoms with Crippen LogP contribution in [0.15, 0.2) is 17.1 Å². The van der Waals surface area contributed by atoms with Gasteiger partial charge in [-0.15, -0.1) is 11.8 Å². The molecule has 2 aliphatic rings. The van der Waals surface area contributed by atoms with Crippen molar-refractivity contribution in [2.24, 2.45) is 0 Å². The fourth-order valence-electron chi connectivity index (χ4n) is 2.64. The van der Waals surface area contributed by atoms with Crippen molar-refractivity contribution < 1.29 is 13.9 Å². The van der Waals surface area contributed by atoms with Gasteiger partial charge in [0, 0.05) is 25.4 Å². The van der Waals surface area contributed by atoms with Gasteiger partial charge in [-0.2, -0.15) is 0 Å². The Kier molecular flexibility index (Phi) is 3.07. The number of aromatic nitrogens is 1. The number of likely N-dealkylation sites (tertiary alicyclic amines) is 1. The maximum atomic E-state index is 12.0. The van der Waals surface area contributed by atoms with Crippen molar-refractivity contribution in [1.29, 1.82) is 0 Å². The molecule has 0 unspecified atom stereocenters. The monoisotopic (exact) mass is 268 g/mol. The van der Waals surface area contributed by atoms with Crippen LogP contribution < -0.4 is 0 Å². The number of rotatable bonds is 3. The minimum Gasteiger partial charge on any atom is -0.451 e. The Hall–Kier alpha value is -1.01. The topological polar surface area (TPSA) is 55.6 Å². The van der Waals surface area contributed by atoms with Gasteiger partial charge in [0.05, 0.1) is 10.9 Å². The van der Waals surface area contributed by atoms with E-state index in [0.717, 1.165) is 31.9 Å². The second-order valence-electron chi connectivity index (χ2n) is 4.81. The molecule has 2 saturated heterocycles. The lowest BCUT2D eigenvalue weighted by Gasteiger charge is -2.47. The third kappa shape index (κ3) is 2.03. The van der Waals surface area contributed by atoms with E-state index in [4.69, 9.17) is 9.15 Å². The highest BCUT2D eigenvalue weighted by Crippen LogP contribution is 2.46. The Morgan fingerprint density at radius 1 is 1.72 bits per heavy atom. The summed E-state index contributed by atoms with van der Waals surface area (Å²) in [5, 5.41) is 0. The largest absolute Gasteiger partial charge is 0.451 e. The summed E-state index contributed by atoms with van der Waals surface area (Å²) in [5.41, 5.74) is 0.397. The lowest BCUT2D eigenvalue weighted by atomic mass is 9.92. The van der Waals surface area contributed by atoms with Crippen LogP contribution in [0.1, 0.15) is 23.8 Å². The number of ether oxygens (including phenoxy) is 1. The zero-order valence-electron chi connectivity index (χ0n) is 10.3. The summed E-state index contributed by atoms with van der Waals surface area (Å²) in [6.45, 7) is 4.39. The van der Waals surface area contributed by atoms with E-state index in [0.29, 0.717) is 11.8 Å². The number of thioether (sulfide) groups is 1. The fraction of sp³-hybridized carbons (Fsp3) is 0.667. The highest BCUT2D eigenvalue weighted by Gasteiger charge is 2.51. The third-order valence-corrected chi connectivity index (χ3v) is 5.05. The standard InChI is InChI=1S/C12H16N2O3S/c1-2-17-9-3-12(18-5-9)6-14(7-12)11(15)10-4-16-8-13-10/h4,8-9H,2-3,5-7H2,1H3/t9-/m1/s1. The van der Waals surface area contributed by atoms with E-state index in [1.807, 2.05) is 23.6 Å². The van der Waals surface area contributed by atoms with Crippen molar-refractivity contribution in [1.82, 2.24) is 9.88 Å². The van der Waals surface area contributed by atoms with Crippen LogP contribution in [0.25, 0.3) is 0 Å². The van der Waals surface area contributed by atoms with Gasteiger partial charge < -0.3 is 14.1 Å². The molecule has 3 rings (SSSR count). The molecule has 0 bridgehead atoms. The summed E-state index contributed by atoms with van der Waals surface area (Å²) in [5.74, 6) is 1.01. The minimum absolute atomic E-state index is 0.0326. The van der Waals surface area contributed by atoms with Gasteiger partial charge in [0.25, 0.3) is 5.91 Å². The first-order chi connectivity index (χ1) is 8.72. The molecular weight excluding hydrogens is 252 g/mol. The van der Waals surface area contributed by atoms with Gasteiger partial charge in [0.1, 0.15) is 6.26 Å². The van der Waals surface area contributed by atoms with Gasteiger partial charge in [-0.1, -0.05) is 0 Å².